The lowest BCUT2D eigenvalue weighted by Gasteiger charge is -2.24. The number of methoxy groups -OCH3 is 2. The number of fused-ring (bicyclic) bond motifs is 1. The molecule has 0 aliphatic carbocycles. The van der Waals surface area contributed by atoms with Gasteiger partial charge in [-0.05, 0) is 17.7 Å². The average Bonchev–Trinajstić information content (AvgIpc) is 2.52. The summed E-state index contributed by atoms with van der Waals surface area (Å²) in [6.45, 7) is 0. The number of H-pyrrole nitrogens is 1. The van der Waals surface area contributed by atoms with E-state index in [2.05, 4.69) is 15.3 Å². The van der Waals surface area contributed by atoms with Gasteiger partial charge in [0.15, 0.2) is 11.5 Å². The molecule has 0 saturated heterocycles. The van der Waals surface area contributed by atoms with Gasteiger partial charge in [0.2, 0.25) is 11.9 Å². The molecule has 2 aromatic rings. The van der Waals surface area contributed by atoms with Crippen molar-refractivity contribution in [1.82, 2.24) is 9.97 Å². The number of aromatic nitrogens is 2. The topological polar surface area (TPSA) is 119 Å². The van der Waals surface area contributed by atoms with Gasteiger partial charge >= 0.3 is 0 Å². The Kier molecular flexibility index (Phi) is 3.65. The van der Waals surface area contributed by atoms with Crippen molar-refractivity contribution in [3.63, 3.8) is 0 Å². The van der Waals surface area contributed by atoms with Gasteiger partial charge in [0.25, 0.3) is 5.56 Å². The van der Waals surface area contributed by atoms with Gasteiger partial charge in [-0.2, -0.15) is 4.98 Å². The molecule has 1 atom stereocenters. The van der Waals surface area contributed by atoms with E-state index < -0.39 is 5.92 Å². The third-order valence-corrected chi connectivity index (χ3v) is 3.78. The number of hydrogen-bond acceptors (Lipinski definition) is 6. The van der Waals surface area contributed by atoms with Crippen LogP contribution in [0.5, 0.6) is 11.5 Å². The van der Waals surface area contributed by atoms with Crippen LogP contribution in [0.4, 0.5) is 11.8 Å². The SMILES string of the molecule is COc1ccc([C@H]2CC(=O)Nc3nc(N)[nH]c(=O)c32)cc1OC. The van der Waals surface area contributed by atoms with E-state index in [1.165, 1.54) is 14.2 Å². The van der Waals surface area contributed by atoms with Crippen molar-refractivity contribution in [3.8, 4) is 11.5 Å². The van der Waals surface area contributed by atoms with Crippen LogP contribution in [0, 0.1) is 0 Å². The highest BCUT2D eigenvalue weighted by Gasteiger charge is 2.31. The highest BCUT2D eigenvalue weighted by Crippen LogP contribution is 2.37. The number of amides is 1. The Morgan fingerprint density at radius 3 is 2.65 bits per heavy atom. The Morgan fingerprint density at radius 2 is 1.96 bits per heavy atom. The molecule has 0 bridgehead atoms. The second-order valence-electron chi connectivity index (χ2n) is 5.13. The highest BCUT2D eigenvalue weighted by molar-refractivity contribution is 5.94. The first-order chi connectivity index (χ1) is 11.0. The van der Waals surface area contributed by atoms with Crippen LogP contribution >= 0.6 is 0 Å². The third-order valence-electron chi connectivity index (χ3n) is 3.78. The Balaban J connectivity index is 2.15. The molecule has 0 radical (unpaired) electrons. The summed E-state index contributed by atoms with van der Waals surface area (Å²) in [7, 11) is 3.07. The summed E-state index contributed by atoms with van der Waals surface area (Å²) in [4.78, 5) is 30.7. The minimum atomic E-state index is -0.435. The van der Waals surface area contributed by atoms with Crippen molar-refractivity contribution < 1.29 is 14.3 Å². The molecule has 1 aliphatic heterocycles. The molecule has 0 spiro atoms. The smallest absolute Gasteiger partial charge is 0.258 e. The van der Waals surface area contributed by atoms with Gasteiger partial charge in [-0.15, -0.1) is 0 Å². The lowest BCUT2D eigenvalue weighted by atomic mass is 9.86. The first-order valence-electron chi connectivity index (χ1n) is 6.95. The maximum Gasteiger partial charge on any atom is 0.258 e. The van der Waals surface area contributed by atoms with Crippen LogP contribution in [0.2, 0.25) is 0 Å². The van der Waals surface area contributed by atoms with E-state index in [4.69, 9.17) is 15.2 Å². The molecule has 0 fully saturated rings. The number of nitrogens with zero attached hydrogens (tertiary/aromatic N) is 1. The van der Waals surface area contributed by atoms with E-state index in [0.29, 0.717) is 17.1 Å². The van der Waals surface area contributed by atoms with Gasteiger partial charge in [0.1, 0.15) is 5.82 Å². The second kappa shape index (κ2) is 5.64. The van der Waals surface area contributed by atoms with E-state index in [9.17, 15) is 9.59 Å². The molecule has 120 valence electrons. The Bertz CT molecular complexity index is 831. The van der Waals surface area contributed by atoms with Crippen LogP contribution in [0.25, 0.3) is 0 Å². The Hall–Kier alpha value is -3.03. The molecule has 3 rings (SSSR count). The van der Waals surface area contributed by atoms with E-state index in [-0.39, 0.29) is 29.7 Å². The molecule has 1 aliphatic rings. The number of aromatic amines is 1. The molecule has 8 heteroatoms. The number of hydrogen-bond donors (Lipinski definition) is 3. The summed E-state index contributed by atoms with van der Waals surface area (Å²) >= 11 is 0. The van der Waals surface area contributed by atoms with Crippen molar-refractivity contribution in [1.29, 1.82) is 0 Å². The molecule has 1 aromatic heterocycles. The molecular formula is C15H16N4O4. The molecule has 23 heavy (non-hydrogen) atoms. The van der Waals surface area contributed by atoms with Gasteiger partial charge in [0.05, 0.1) is 19.8 Å². The number of anilines is 2. The molecule has 2 heterocycles. The fourth-order valence-electron chi connectivity index (χ4n) is 2.74. The summed E-state index contributed by atoms with van der Waals surface area (Å²) in [6, 6.07) is 5.28. The zero-order chi connectivity index (χ0) is 16.6. The number of carbonyl (C=O) groups is 1. The summed E-state index contributed by atoms with van der Waals surface area (Å²) in [5.74, 6) is 0.591. The molecule has 0 unspecified atom stereocenters. The zero-order valence-electron chi connectivity index (χ0n) is 12.7. The predicted octanol–water partition coefficient (Wildman–Crippen LogP) is 0.843. The molecule has 1 aromatic carbocycles. The lowest BCUT2D eigenvalue weighted by Crippen LogP contribution is -2.31. The molecule has 8 nitrogen and oxygen atoms in total. The minimum Gasteiger partial charge on any atom is -0.493 e. The van der Waals surface area contributed by atoms with Crippen molar-refractivity contribution in [2.75, 3.05) is 25.3 Å². The number of rotatable bonds is 3. The maximum atomic E-state index is 12.3. The number of carbonyl (C=O) groups excluding carboxylic acids is 1. The number of nitrogen functional groups attached to an aromatic ring is 1. The van der Waals surface area contributed by atoms with Crippen molar-refractivity contribution in [2.45, 2.75) is 12.3 Å². The number of nitrogens with two attached hydrogens (primary N) is 1. The summed E-state index contributed by atoms with van der Waals surface area (Å²) in [5.41, 5.74) is 6.31. The first kappa shape index (κ1) is 14.9. The molecule has 0 saturated carbocycles. The number of nitrogens with one attached hydrogen (secondary N) is 2. The van der Waals surface area contributed by atoms with Crippen molar-refractivity contribution >= 4 is 17.7 Å². The molecule has 1 amide bonds. The lowest BCUT2D eigenvalue weighted by molar-refractivity contribution is -0.116. The predicted molar refractivity (Wildman–Crippen MR) is 83.9 cm³/mol. The molecule has 4 N–H and O–H groups in total. The fraction of sp³-hybridized carbons (Fsp3) is 0.267. The normalized spacial score (nSPS) is 16.4. The van der Waals surface area contributed by atoms with Gasteiger partial charge in [-0.3, -0.25) is 14.6 Å². The number of ether oxygens (including phenoxy) is 2. The summed E-state index contributed by atoms with van der Waals surface area (Å²) in [6.07, 6.45) is 0.136. The fourth-order valence-corrected chi connectivity index (χ4v) is 2.74. The maximum absolute atomic E-state index is 12.3. The van der Waals surface area contributed by atoms with Crippen molar-refractivity contribution in [2.24, 2.45) is 0 Å². The van der Waals surface area contributed by atoms with Crippen LogP contribution < -0.4 is 26.1 Å². The first-order valence-corrected chi connectivity index (χ1v) is 6.95. The van der Waals surface area contributed by atoms with Gasteiger partial charge in [0, 0.05) is 12.3 Å². The second-order valence-corrected chi connectivity index (χ2v) is 5.13. The van der Waals surface area contributed by atoms with E-state index in [0.717, 1.165) is 5.56 Å². The Labute approximate surface area is 131 Å². The molecular weight excluding hydrogens is 300 g/mol. The largest absolute Gasteiger partial charge is 0.493 e. The summed E-state index contributed by atoms with van der Waals surface area (Å²) < 4.78 is 10.5. The van der Waals surface area contributed by atoms with Crippen LogP contribution in [-0.4, -0.2) is 30.1 Å². The minimum absolute atomic E-state index is 0.0398. The van der Waals surface area contributed by atoms with Crippen molar-refractivity contribution in [3.05, 3.63) is 39.7 Å². The Morgan fingerprint density at radius 1 is 1.22 bits per heavy atom. The third kappa shape index (κ3) is 2.59. The van der Waals surface area contributed by atoms with Crippen LogP contribution in [0.3, 0.4) is 0 Å². The van der Waals surface area contributed by atoms with E-state index >= 15 is 0 Å². The van der Waals surface area contributed by atoms with Crippen LogP contribution in [0.15, 0.2) is 23.0 Å². The average molecular weight is 316 g/mol. The number of benzene rings is 1. The van der Waals surface area contributed by atoms with Gasteiger partial charge in [-0.1, -0.05) is 6.07 Å². The standard InChI is InChI=1S/C15H16N4O4/c1-22-9-4-3-7(5-10(9)23-2)8-6-11(20)17-13-12(8)14(21)19-15(16)18-13/h3-5,8H,6H2,1-2H3,(H4,16,17,18,19,20,21)/t8-/m1/s1. The zero-order valence-corrected chi connectivity index (χ0v) is 12.7. The monoisotopic (exact) mass is 316 g/mol. The van der Waals surface area contributed by atoms with E-state index in [1.807, 2.05) is 0 Å². The van der Waals surface area contributed by atoms with Gasteiger partial charge in [-0.25, -0.2) is 0 Å². The highest BCUT2D eigenvalue weighted by atomic mass is 16.5. The van der Waals surface area contributed by atoms with Crippen LogP contribution in [-0.2, 0) is 4.79 Å². The van der Waals surface area contributed by atoms with E-state index in [1.54, 1.807) is 18.2 Å². The van der Waals surface area contributed by atoms with Gasteiger partial charge < -0.3 is 20.5 Å². The summed E-state index contributed by atoms with van der Waals surface area (Å²) in [5, 5.41) is 2.59. The van der Waals surface area contributed by atoms with Crippen LogP contribution in [0.1, 0.15) is 23.5 Å². The quantitative estimate of drug-likeness (QED) is 0.772.